The minimum Gasteiger partial charge on any atom is -0.308 e. The number of rotatable bonds is 6. The third-order valence-corrected chi connectivity index (χ3v) is 12.3. The molecular formula is C48H31NS2. The molecule has 3 heteroatoms. The van der Waals surface area contributed by atoms with Crippen LogP contribution in [0.25, 0.3) is 73.7 Å². The van der Waals surface area contributed by atoms with Gasteiger partial charge in [-0.2, -0.15) is 0 Å². The van der Waals surface area contributed by atoms with Crippen molar-refractivity contribution in [1.82, 2.24) is 0 Å². The Bertz CT molecular complexity index is 2680. The van der Waals surface area contributed by atoms with Crippen molar-refractivity contribution >= 4 is 80.1 Å². The van der Waals surface area contributed by atoms with E-state index in [9.17, 15) is 0 Å². The van der Waals surface area contributed by atoms with Crippen molar-refractivity contribution in [2.24, 2.45) is 0 Å². The van der Waals surface area contributed by atoms with E-state index in [1.54, 1.807) is 0 Å². The van der Waals surface area contributed by atoms with Crippen LogP contribution in [0.2, 0.25) is 0 Å². The summed E-state index contributed by atoms with van der Waals surface area (Å²) in [5.74, 6) is 0. The van der Waals surface area contributed by atoms with Gasteiger partial charge in [0.25, 0.3) is 0 Å². The standard InChI is InChI=1S/C48H31NS2/c1-4-14-32(15-5-1)33-24-26-36(27-25-33)49(41-30-28-37(34-16-6-2-7-17-34)45-39-20-10-12-22-43(39)50-47(41)45)42-31-29-38(35-18-8-3-9-19-35)46-40-21-11-13-23-44(40)51-48(42)46/h1-31H. The van der Waals surface area contributed by atoms with E-state index in [-0.39, 0.29) is 0 Å². The van der Waals surface area contributed by atoms with Crippen molar-refractivity contribution in [2.45, 2.75) is 0 Å². The maximum Gasteiger partial charge on any atom is 0.0641 e. The lowest BCUT2D eigenvalue weighted by Gasteiger charge is -2.28. The van der Waals surface area contributed by atoms with E-state index in [1.807, 2.05) is 22.7 Å². The monoisotopic (exact) mass is 685 g/mol. The summed E-state index contributed by atoms with van der Waals surface area (Å²) in [6.07, 6.45) is 0. The van der Waals surface area contributed by atoms with Gasteiger partial charge in [0.1, 0.15) is 0 Å². The van der Waals surface area contributed by atoms with Gasteiger partial charge in [0, 0.05) is 36.6 Å². The summed E-state index contributed by atoms with van der Waals surface area (Å²) in [5, 5.41) is 5.20. The highest BCUT2D eigenvalue weighted by Crippen LogP contribution is 2.52. The van der Waals surface area contributed by atoms with Gasteiger partial charge in [0.15, 0.2) is 0 Å². The second-order valence-electron chi connectivity index (χ2n) is 12.8. The highest BCUT2D eigenvalue weighted by atomic mass is 32.1. The lowest BCUT2D eigenvalue weighted by molar-refractivity contribution is 1.32. The number of hydrogen-bond donors (Lipinski definition) is 0. The quantitative estimate of drug-likeness (QED) is 0.168. The first-order valence-corrected chi connectivity index (χ1v) is 18.9. The van der Waals surface area contributed by atoms with Gasteiger partial charge in [-0.25, -0.2) is 0 Å². The molecule has 0 saturated heterocycles. The van der Waals surface area contributed by atoms with E-state index in [0.717, 1.165) is 5.69 Å². The molecule has 2 heterocycles. The van der Waals surface area contributed by atoms with Crippen molar-refractivity contribution in [3.05, 3.63) is 188 Å². The van der Waals surface area contributed by atoms with Crippen LogP contribution in [0.15, 0.2) is 188 Å². The van der Waals surface area contributed by atoms with Gasteiger partial charge < -0.3 is 4.90 Å². The molecule has 0 unspecified atom stereocenters. The SMILES string of the molecule is c1ccc(-c2ccc(N(c3ccc(-c4ccccc4)c4c3sc3ccccc34)c3ccc(-c4ccccc4)c4c3sc3ccccc34)cc2)cc1. The molecule has 240 valence electrons. The number of fused-ring (bicyclic) bond motifs is 6. The predicted molar refractivity (Wildman–Crippen MR) is 223 cm³/mol. The Morgan fingerprint density at radius 3 is 1.18 bits per heavy atom. The second kappa shape index (κ2) is 12.4. The lowest BCUT2D eigenvalue weighted by Crippen LogP contribution is -2.10. The molecule has 8 aromatic carbocycles. The van der Waals surface area contributed by atoms with E-state index in [1.165, 1.54) is 85.1 Å². The molecule has 0 radical (unpaired) electrons. The Hall–Kier alpha value is -6.00. The molecule has 0 amide bonds. The molecule has 10 aromatic rings. The highest BCUT2D eigenvalue weighted by molar-refractivity contribution is 7.27. The van der Waals surface area contributed by atoms with Crippen molar-refractivity contribution in [3.8, 4) is 33.4 Å². The van der Waals surface area contributed by atoms with Crippen LogP contribution >= 0.6 is 22.7 Å². The van der Waals surface area contributed by atoms with Gasteiger partial charge >= 0.3 is 0 Å². The molecule has 0 fully saturated rings. The number of nitrogens with zero attached hydrogens (tertiary/aromatic N) is 1. The van der Waals surface area contributed by atoms with Crippen molar-refractivity contribution in [2.75, 3.05) is 4.90 Å². The highest BCUT2D eigenvalue weighted by Gasteiger charge is 2.24. The minimum absolute atomic E-state index is 1.13. The summed E-state index contributed by atoms with van der Waals surface area (Å²) in [6.45, 7) is 0. The average molecular weight is 686 g/mol. The zero-order valence-electron chi connectivity index (χ0n) is 27.7. The topological polar surface area (TPSA) is 3.24 Å². The third kappa shape index (κ3) is 5.05. The number of thiophene rings is 2. The average Bonchev–Trinajstić information content (AvgIpc) is 3.80. The molecule has 0 N–H and O–H groups in total. The zero-order chi connectivity index (χ0) is 33.7. The number of hydrogen-bond acceptors (Lipinski definition) is 3. The minimum atomic E-state index is 1.13. The van der Waals surface area contributed by atoms with Gasteiger partial charge in [-0.15, -0.1) is 22.7 Å². The Balaban J connectivity index is 1.28. The normalized spacial score (nSPS) is 11.5. The van der Waals surface area contributed by atoms with E-state index in [2.05, 4.69) is 193 Å². The van der Waals surface area contributed by atoms with Crippen molar-refractivity contribution in [3.63, 3.8) is 0 Å². The maximum absolute atomic E-state index is 2.51. The Morgan fingerprint density at radius 2 is 0.706 bits per heavy atom. The molecule has 0 aliphatic heterocycles. The van der Waals surface area contributed by atoms with Gasteiger partial charge in [-0.1, -0.05) is 152 Å². The van der Waals surface area contributed by atoms with Gasteiger partial charge in [-0.3, -0.25) is 0 Å². The fourth-order valence-electron chi connectivity index (χ4n) is 7.54. The Morgan fingerprint density at radius 1 is 0.314 bits per heavy atom. The third-order valence-electron chi connectivity index (χ3n) is 9.89. The Kier molecular flexibility index (Phi) is 7.26. The molecule has 0 atom stereocenters. The first kappa shape index (κ1) is 29.9. The molecule has 0 saturated carbocycles. The molecule has 2 aromatic heterocycles. The molecule has 10 rings (SSSR count). The molecule has 0 spiro atoms. The maximum atomic E-state index is 2.51. The van der Waals surface area contributed by atoms with Crippen LogP contribution in [-0.2, 0) is 0 Å². The van der Waals surface area contributed by atoms with Gasteiger partial charge in [0.05, 0.1) is 20.8 Å². The van der Waals surface area contributed by atoms with Gasteiger partial charge in [-0.05, 0) is 69.8 Å². The zero-order valence-corrected chi connectivity index (χ0v) is 29.3. The smallest absolute Gasteiger partial charge is 0.0641 e. The summed E-state index contributed by atoms with van der Waals surface area (Å²) < 4.78 is 5.16. The van der Waals surface area contributed by atoms with Crippen LogP contribution in [0.3, 0.4) is 0 Å². The number of anilines is 3. The summed E-state index contributed by atoms with van der Waals surface area (Å²) in [5.41, 5.74) is 10.9. The van der Waals surface area contributed by atoms with Crippen molar-refractivity contribution in [1.29, 1.82) is 0 Å². The predicted octanol–water partition coefficient (Wildman–Crippen LogP) is 14.9. The first-order valence-electron chi connectivity index (χ1n) is 17.3. The molecule has 51 heavy (non-hydrogen) atoms. The van der Waals surface area contributed by atoms with E-state index in [0.29, 0.717) is 0 Å². The van der Waals surface area contributed by atoms with Crippen LogP contribution in [0.5, 0.6) is 0 Å². The fraction of sp³-hybridized carbons (Fsp3) is 0. The van der Waals surface area contributed by atoms with Crippen LogP contribution in [0, 0.1) is 0 Å². The van der Waals surface area contributed by atoms with Crippen LogP contribution in [-0.4, -0.2) is 0 Å². The van der Waals surface area contributed by atoms with E-state index in [4.69, 9.17) is 0 Å². The van der Waals surface area contributed by atoms with E-state index < -0.39 is 0 Å². The second-order valence-corrected chi connectivity index (χ2v) is 15.0. The summed E-state index contributed by atoms with van der Waals surface area (Å²) in [4.78, 5) is 2.51. The molecule has 0 aliphatic carbocycles. The fourth-order valence-corrected chi connectivity index (χ4v) is 10.0. The largest absolute Gasteiger partial charge is 0.308 e. The summed E-state index contributed by atoms with van der Waals surface area (Å²) in [7, 11) is 0. The lowest BCUT2D eigenvalue weighted by atomic mass is 9.97. The summed E-state index contributed by atoms with van der Waals surface area (Å²) in [6, 6.07) is 68.5. The van der Waals surface area contributed by atoms with Crippen LogP contribution in [0.1, 0.15) is 0 Å². The molecule has 0 bridgehead atoms. The van der Waals surface area contributed by atoms with Crippen LogP contribution < -0.4 is 4.90 Å². The first-order chi connectivity index (χ1) is 25.3. The van der Waals surface area contributed by atoms with E-state index >= 15 is 0 Å². The summed E-state index contributed by atoms with van der Waals surface area (Å²) >= 11 is 3.77. The van der Waals surface area contributed by atoms with Gasteiger partial charge in [0.2, 0.25) is 0 Å². The van der Waals surface area contributed by atoms with Crippen LogP contribution in [0.4, 0.5) is 17.1 Å². The number of benzene rings is 8. The van der Waals surface area contributed by atoms with Crippen molar-refractivity contribution < 1.29 is 0 Å². The Labute approximate surface area is 304 Å². The molecule has 0 aliphatic rings. The molecule has 1 nitrogen and oxygen atoms in total. The molecular weight excluding hydrogens is 655 g/mol.